The lowest BCUT2D eigenvalue weighted by Crippen LogP contribution is -2.49. The molecule has 0 rings (SSSR count). The van der Waals surface area contributed by atoms with Crippen molar-refractivity contribution in [2.45, 2.75) is 57.3 Å². The molecule has 0 amide bonds. The molecule has 0 fully saturated rings. The van der Waals surface area contributed by atoms with Crippen molar-refractivity contribution < 1.29 is 31.1 Å². The summed E-state index contributed by atoms with van der Waals surface area (Å²) in [5, 5.41) is 11.6. The van der Waals surface area contributed by atoms with E-state index in [0.717, 1.165) is 6.92 Å². The van der Waals surface area contributed by atoms with Crippen LogP contribution in [-0.2, 0) is 4.74 Å². The van der Waals surface area contributed by atoms with Crippen LogP contribution in [0.2, 0.25) is 0 Å². The Hall–Kier alpha value is -1.01. The smallest absolute Gasteiger partial charge is 0.358 e. The fourth-order valence-electron chi connectivity index (χ4n) is 1.74. The van der Waals surface area contributed by atoms with Crippen LogP contribution in [0.5, 0.6) is 0 Å². The molecule has 1 N–H and O–H groups in total. The maximum atomic E-state index is 12.3. The molecule has 0 spiro atoms. The lowest BCUT2D eigenvalue weighted by Gasteiger charge is -2.30. The van der Waals surface area contributed by atoms with E-state index in [0.29, 0.717) is 6.54 Å². The number of rotatable bonds is 6. The van der Waals surface area contributed by atoms with Crippen molar-refractivity contribution in [3.63, 3.8) is 0 Å². The van der Waals surface area contributed by atoms with Crippen LogP contribution in [-0.4, -0.2) is 36.6 Å². The third-order valence-corrected chi connectivity index (χ3v) is 2.47. The Balaban J connectivity index is 4.88. The molecule has 0 aromatic heterocycles. The molecule has 0 aromatic carbocycles. The number of nitrogens with zero attached hydrogens (tertiary/aromatic N) is 1. The zero-order valence-electron chi connectivity index (χ0n) is 11.2. The molecule has 0 aliphatic heterocycles. The van der Waals surface area contributed by atoms with Crippen LogP contribution >= 0.6 is 0 Å². The number of nitriles is 1. The molecular weight excluding hydrogens is 290 g/mol. The first-order valence-corrected chi connectivity index (χ1v) is 5.81. The van der Waals surface area contributed by atoms with Crippen molar-refractivity contribution in [3.05, 3.63) is 0 Å². The Bertz CT molecular complexity index is 334. The van der Waals surface area contributed by atoms with Gasteiger partial charge in [0.05, 0.1) is 12.2 Å². The van der Waals surface area contributed by atoms with Crippen molar-refractivity contribution in [1.29, 1.82) is 5.26 Å². The molecule has 118 valence electrons. The third-order valence-electron chi connectivity index (χ3n) is 2.47. The first-order chi connectivity index (χ1) is 8.85. The lowest BCUT2D eigenvalue weighted by molar-refractivity contribution is -0.330. The highest BCUT2D eigenvalue weighted by Gasteiger charge is 2.58. The number of ether oxygens (including phenoxy) is 1. The van der Waals surface area contributed by atoms with E-state index in [-0.39, 0.29) is 6.42 Å². The van der Waals surface area contributed by atoms with Crippen LogP contribution in [0.1, 0.15) is 27.2 Å². The van der Waals surface area contributed by atoms with E-state index in [1.54, 1.807) is 6.92 Å². The average molecular weight is 306 g/mol. The SMILES string of the molecule is CCNC(C)(C#N)CC(C)OC(C(F)(F)F)C(F)(F)F. The molecule has 0 bridgehead atoms. The summed E-state index contributed by atoms with van der Waals surface area (Å²) in [6.07, 6.45) is -16.6. The first kappa shape index (κ1) is 19.0. The number of halogens is 6. The molecule has 0 saturated heterocycles. The van der Waals surface area contributed by atoms with Crippen molar-refractivity contribution in [1.82, 2.24) is 5.32 Å². The second-order valence-corrected chi connectivity index (χ2v) is 4.59. The fourth-order valence-corrected chi connectivity index (χ4v) is 1.74. The third kappa shape index (κ3) is 5.96. The maximum absolute atomic E-state index is 12.3. The number of hydrogen-bond donors (Lipinski definition) is 1. The van der Waals surface area contributed by atoms with Crippen LogP contribution in [0.15, 0.2) is 0 Å². The van der Waals surface area contributed by atoms with E-state index >= 15 is 0 Å². The van der Waals surface area contributed by atoms with Gasteiger partial charge in [0.25, 0.3) is 0 Å². The highest BCUT2D eigenvalue weighted by atomic mass is 19.4. The Labute approximate surface area is 112 Å². The van der Waals surface area contributed by atoms with Gasteiger partial charge in [0.2, 0.25) is 6.10 Å². The Morgan fingerprint density at radius 3 is 1.90 bits per heavy atom. The molecular formula is C11H16F6N2O. The summed E-state index contributed by atoms with van der Waals surface area (Å²) >= 11 is 0. The van der Waals surface area contributed by atoms with Gasteiger partial charge in [-0.15, -0.1) is 0 Å². The van der Waals surface area contributed by atoms with Gasteiger partial charge >= 0.3 is 12.4 Å². The normalized spacial score (nSPS) is 17.6. The van der Waals surface area contributed by atoms with Crippen LogP contribution in [0, 0.1) is 11.3 Å². The molecule has 0 radical (unpaired) electrons. The van der Waals surface area contributed by atoms with Crippen LogP contribution in [0.3, 0.4) is 0 Å². The summed E-state index contributed by atoms with van der Waals surface area (Å²) in [6, 6.07) is 1.81. The molecule has 9 heteroatoms. The van der Waals surface area contributed by atoms with Gasteiger partial charge in [-0.25, -0.2) is 0 Å². The van der Waals surface area contributed by atoms with Gasteiger partial charge in [-0.3, -0.25) is 5.32 Å². The van der Waals surface area contributed by atoms with E-state index in [4.69, 9.17) is 5.26 Å². The van der Waals surface area contributed by atoms with E-state index in [1.165, 1.54) is 6.92 Å². The number of hydrogen-bond acceptors (Lipinski definition) is 3. The monoisotopic (exact) mass is 306 g/mol. The van der Waals surface area contributed by atoms with Crippen molar-refractivity contribution in [2.24, 2.45) is 0 Å². The highest BCUT2D eigenvalue weighted by molar-refractivity contribution is 5.04. The number of nitrogens with one attached hydrogen (secondary N) is 1. The summed E-state index contributed by atoms with van der Waals surface area (Å²) in [6.45, 7) is 4.46. The van der Waals surface area contributed by atoms with E-state index in [9.17, 15) is 26.3 Å². The predicted molar refractivity (Wildman–Crippen MR) is 58.8 cm³/mol. The first-order valence-electron chi connectivity index (χ1n) is 5.81. The van der Waals surface area contributed by atoms with Gasteiger partial charge in [-0.2, -0.15) is 31.6 Å². The fraction of sp³-hybridized carbons (Fsp3) is 0.909. The van der Waals surface area contributed by atoms with Crippen LogP contribution in [0.4, 0.5) is 26.3 Å². The maximum Gasteiger partial charge on any atom is 0.423 e. The summed E-state index contributed by atoms with van der Waals surface area (Å²) in [5.74, 6) is 0. The van der Waals surface area contributed by atoms with Gasteiger partial charge in [0.1, 0.15) is 5.54 Å². The average Bonchev–Trinajstić information content (AvgIpc) is 2.23. The van der Waals surface area contributed by atoms with Crippen molar-refractivity contribution in [3.8, 4) is 6.07 Å². The van der Waals surface area contributed by atoms with Crippen LogP contribution < -0.4 is 5.32 Å². The second kappa shape index (κ2) is 6.63. The Kier molecular flexibility index (Phi) is 6.29. The Morgan fingerprint density at radius 1 is 1.15 bits per heavy atom. The largest absolute Gasteiger partial charge is 0.423 e. The highest BCUT2D eigenvalue weighted by Crippen LogP contribution is 2.37. The Morgan fingerprint density at radius 2 is 1.60 bits per heavy atom. The molecule has 2 unspecified atom stereocenters. The van der Waals surface area contributed by atoms with Crippen LogP contribution in [0.25, 0.3) is 0 Å². The summed E-state index contributed by atoms with van der Waals surface area (Å²) in [5.41, 5.74) is -1.25. The zero-order chi connectivity index (χ0) is 16.2. The minimum atomic E-state index is -5.55. The molecule has 0 aliphatic carbocycles. The summed E-state index contributed by atoms with van der Waals surface area (Å²) in [4.78, 5) is 0. The van der Waals surface area contributed by atoms with E-state index < -0.39 is 30.1 Å². The molecule has 3 nitrogen and oxygen atoms in total. The minimum Gasteiger partial charge on any atom is -0.358 e. The van der Waals surface area contributed by atoms with Crippen molar-refractivity contribution in [2.75, 3.05) is 6.54 Å². The standard InChI is InChI=1S/C11H16F6N2O/c1-4-19-9(3,6-18)5-7(2)20-8(10(12,13)14)11(15,16)17/h7-8,19H,4-5H2,1-3H3. The van der Waals surface area contributed by atoms with Crippen molar-refractivity contribution >= 4 is 0 Å². The lowest BCUT2D eigenvalue weighted by atomic mass is 9.96. The summed E-state index contributed by atoms with van der Waals surface area (Å²) in [7, 11) is 0. The molecule has 0 saturated carbocycles. The van der Waals surface area contributed by atoms with E-state index in [2.05, 4.69) is 10.1 Å². The van der Waals surface area contributed by atoms with Gasteiger partial charge in [-0.05, 0) is 20.4 Å². The molecule has 2 atom stereocenters. The second-order valence-electron chi connectivity index (χ2n) is 4.59. The van der Waals surface area contributed by atoms with Gasteiger partial charge in [0, 0.05) is 6.42 Å². The number of alkyl halides is 6. The minimum absolute atomic E-state index is 0.306. The zero-order valence-corrected chi connectivity index (χ0v) is 11.2. The summed E-state index contributed by atoms with van der Waals surface area (Å²) < 4.78 is 78.0. The molecule has 0 aliphatic rings. The quantitative estimate of drug-likeness (QED) is 0.767. The topological polar surface area (TPSA) is 45.0 Å². The molecule has 20 heavy (non-hydrogen) atoms. The predicted octanol–water partition coefficient (Wildman–Crippen LogP) is 3.17. The van der Waals surface area contributed by atoms with Gasteiger partial charge in [0.15, 0.2) is 0 Å². The molecule has 0 aromatic rings. The van der Waals surface area contributed by atoms with Gasteiger partial charge in [-0.1, -0.05) is 6.92 Å². The van der Waals surface area contributed by atoms with E-state index in [1.807, 2.05) is 6.07 Å². The van der Waals surface area contributed by atoms with Gasteiger partial charge < -0.3 is 4.74 Å². The molecule has 0 heterocycles.